The Morgan fingerprint density at radius 3 is 2.46 bits per heavy atom. The summed E-state index contributed by atoms with van der Waals surface area (Å²) in [6.45, 7) is 5.61. The maximum absolute atomic E-state index is 13.6. The van der Waals surface area contributed by atoms with Crippen molar-refractivity contribution in [3.63, 3.8) is 0 Å². The first kappa shape index (κ1) is 18.1. The van der Waals surface area contributed by atoms with E-state index in [0.29, 0.717) is 5.76 Å². The second-order valence-electron chi connectivity index (χ2n) is 8.41. The van der Waals surface area contributed by atoms with Crippen molar-refractivity contribution in [1.82, 2.24) is 0 Å². The number of ketones is 1. The van der Waals surface area contributed by atoms with E-state index in [2.05, 4.69) is 12.1 Å². The summed E-state index contributed by atoms with van der Waals surface area (Å²) in [4.78, 5) is 15.6. The number of para-hydroxylation sites is 1. The average Bonchev–Trinajstić information content (AvgIpc) is 3.30. The summed E-state index contributed by atoms with van der Waals surface area (Å²) in [5.41, 5.74) is -0.248. The minimum Gasteiger partial charge on any atom is -0.469 e. The Balaban J connectivity index is 2.02. The number of anilines is 1. The Hall–Kier alpha value is -3.31. The molecule has 1 saturated heterocycles. The molecule has 4 rings (SSSR count). The highest BCUT2D eigenvalue weighted by molar-refractivity contribution is 5.95. The standard InChI is InChI=1S/C23H21N3O2/c1-22(2,3)21(27)20-19(17-9-6-12-28-17)23(13-24,14-25)18-11-10-15-7-4-5-8-16(15)26(18)20/h4-12,18-20H,1-3H3/t18-,19-,20+/m1/s1. The third-order valence-corrected chi connectivity index (χ3v) is 5.77. The van der Waals surface area contributed by atoms with Crippen molar-refractivity contribution >= 4 is 17.5 Å². The highest BCUT2D eigenvalue weighted by atomic mass is 16.3. The molecule has 1 fully saturated rings. The molecule has 0 unspecified atom stereocenters. The van der Waals surface area contributed by atoms with Gasteiger partial charge >= 0.3 is 0 Å². The van der Waals surface area contributed by atoms with Crippen molar-refractivity contribution < 1.29 is 9.21 Å². The summed E-state index contributed by atoms with van der Waals surface area (Å²) in [5, 5.41) is 20.4. The first-order valence-electron chi connectivity index (χ1n) is 9.31. The zero-order chi connectivity index (χ0) is 20.1. The first-order chi connectivity index (χ1) is 13.3. The van der Waals surface area contributed by atoms with Gasteiger partial charge in [-0.1, -0.05) is 51.1 Å². The average molecular weight is 371 g/mol. The maximum atomic E-state index is 13.6. The lowest BCUT2D eigenvalue weighted by molar-refractivity contribution is -0.128. The van der Waals surface area contributed by atoms with E-state index < -0.39 is 28.8 Å². The van der Waals surface area contributed by atoms with Crippen molar-refractivity contribution in [1.29, 1.82) is 10.5 Å². The molecule has 3 heterocycles. The summed E-state index contributed by atoms with van der Waals surface area (Å²) >= 11 is 0. The van der Waals surface area contributed by atoms with Gasteiger partial charge in [0.1, 0.15) is 11.8 Å². The minimum atomic E-state index is -1.44. The first-order valence-corrected chi connectivity index (χ1v) is 9.31. The van der Waals surface area contributed by atoms with Crippen LogP contribution in [0.25, 0.3) is 6.08 Å². The van der Waals surface area contributed by atoms with E-state index in [0.717, 1.165) is 11.3 Å². The topological polar surface area (TPSA) is 81.0 Å². The molecule has 2 aliphatic rings. The van der Waals surface area contributed by atoms with Gasteiger partial charge in [0.15, 0.2) is 11.2 Å². The number of rotatable bonds is 2. The monoisotopic (exact) mass is 371 g/mol. The summed E-state index contributed by atoms with van der Waals surface area (Å²) in [6.07, 6.45) is 5.33. The molecule has 3 atom stereocenters. The Bertz CT molecular complexity index is 1020. The number of carbonyl (C=O) groups excluding carboxylic acids is 1. The van der Waals surface area contributed by atoms with E-state index >= 15 is 0 Å². The molecule has 0 amide bonds. The van der Waals surface area contributed by atoms with Crippen LogP contribution in [0.1, 0.15) is 38.0 Å². The predicted molar refractivity (Wildman–Crippen MR) is 105 cm³/mol. The van der Waals surface area contributed by atoms with E-state index in [-0.39, 0.29) is 5.78 Å². The van der Waals surface area contributed by atoms with E-state index in [4.69, 9.17) is 4.42 Å². The Labute approximate surface area is 164 Å². The van der Waals surface area contributed by atoms with Gasteiger partial charge in [-0.05, 0) is 23.8 Å². The smallest absolute Gasteiger partial charge is 0.179 e. The van der Waals surface area contributed by atoms with Crippen LogP contribution in [0.2, 0.25) is 0 Å². The van der Waals surface area contributed by atoms with Crippen molar-refractivity contribution in [3.8, 4) is 12.1 Å². The van der Waals surface area contributed by atoms with Crippen LogP contribution in [0.15, 0.2) is 53.2 Å². The number of hydrogen-bond donors (Lipinski definition) is 0. The van der Waals surface area contributed by atoms with Gasteiger partial charge in [0, 0.05) is 11.1 Å². The van der Waals surface area contributed by atoms with Crippen LogP contribution in [0, 0.1) is 33.5 Å². The Morgan fingerprint density at radius 1 is 1.14 bits per heavy atom. The molecule has 0 saturated carbocycles. The molecule has 0 bridgehead atoms. The maximum Gasteiger partial charge on any atom is 0.179 e. The molecule has 2 aliphatic heterocycles. The van der Waals surface area contributed by atoms with Gasteiger partial charge in [0.25, 0.3) is 0 Å². The van der Waals surface area contributed by atoms with Crippen molar-refractivity contribution in [3.05, 3.63) is 60.1 Å². The fraction of sp³-hybridized carbons (Fsp3) is 0.348. The van der Waals surface area contributed by atoms with Gasteiger partial charge in [-0.25, -0.2) is 0 Å². The number of carbonyl (C=O) groups is 1. The zero-order valence-corrected chi connectivity index (χ0v) is 16.1. The number of nitrogens with zero attached hydrogens (tertiary/aromatic N) is 3. The molecule has 0 aliphatic carbocycles. The largest absolute Gasteiger partial charge is 0.469 e. The molecule has 28 heavy (non-hydrogen) atoms. The quantitative estimate of drug-likeness (QED) is 0.786. The molecule has 1 aromatic carbocycles. The lowest BCUT2D eigenvalue weighted by atomic mass is 9.69. The number of furan rings is 1. The van der Waals surface area contributed by atoms with Gasteiger partial charge in [0.05, 0.1) is 30.4 Å². The zero-order valence-electron chi connectivity index (χ0n) is 16.1. The summed E-state index contributed by atoms with van der Waals surface area (Å²) in [6, 6.07) is 14.6. The van der Waals surface area contributed by atoms with Crippen LogP contribution in [-0.2, 0) is 4.79 Å². The number of fused-ring (bicyclic) bond motifs is 3. The molecular formula is C23H21N3O2. The lowest BCUT2D eigenvalue weighted by Gasteiger charge is -2.37. The van der Waals surface area contributed by atoms with Crippen LogP contribution in [0.5, 0.6) is 0 Å². The van der Waals surface area contributed by atoms with Gasteiger partial charge in [0.2, 0.25) is 0 Å². The molecule has 0 spiro atoms. The SMILES string of the molecule is CC(C)(C)C(=O)[C@@H]1[C@@H](c2ccco2)C(C#N)(C#N)[C@H]2C=Cc3ccccc3N12. The fourth-order valence-electron chi connectivity index (χ4n) is 4.45. The Kier molecular flexibility index (Phi) is 3.94. The van der Waals surface area contributed by atoms with Crippen molar-refractivity contribution in [2.45, 2.75) is 38.8 Å². The van der Waals surface area contributed by atoms with Gasteiger partial charge in [-0.15, -0.1) is 0 Å². The molecule has 5 nitrogen and oxygen atoms in total. The van der Waals surface area contributed by atoms with Crippen LogP contribution in [0.3, 0.4) is 0 Å². The molecule has 5 heteroatoms. The third-order valence-electron chi connectivity index (χ3n) is 5.77. The molecule has 0 radical (unpaired) electrons. The van der Waals surface area contributed by atoms with Crippen molar-refractivity contribution in [2.24, 2.45) is 10.8 Å². The van der Waals surface area contributed by atoms with E-state index in [9.17, 15) is 15.3 Å². The Morgan fingerprint density at radius 2 is 1.86 bits per heavy atom. The molecule has 140 valence electrons. The highest BCUT2D eigenvalue weighted by Gasteiger charge is 2.65. The van der Waals surface area contributed by atoms with E-state index in [1.165, 1.54) is 6.26 Å². The minimum absolute atomic E-state index is 0.0172. The van der Waals surface area contributed by atoms with Crippen LogP contribution < -0.4 is 4.90 Å². The fourth-order valence-corrected chi connectivity index (χ4v) is 4.45. The normalized spacial score (nSPS) is 24.8. The third kappa shape index (κ3) is 2.33. The van der Waals surface area contributed by atoms with Gasteiger partial charge < -0.3 is 9.32 Å². The second kappa shape index (κ2) is 6.11. The molecule has 1 aromatic heterocycles. The van der Waals surface area contributed by atoms with Crippen LogP contribution >= 0.6 is 0 Å². The molecular weight excluding hydrogens is 350 g/mol. The number of Topliss-reactive ketones (excluding diaryl/α,β-unsaturated/α-hetero) is 1. The number of hydrogen-bond acceptors (Lipinski definition) is 5. The summed E-state index contributed by atoms with van der Waals surface area (Å²) in [5.74, 6) is -0.215. The predicted octanol–water partition coefficient (Wildman–Crippen LogP) is 4.30. The second-order valence-corrected chi connectivity index (χ2v) is 8.41. The lowest BCUT2D eigenvalue weighted by Crippen LogP contribution is -2.47. The van der Waals surface area contributed by atoms with Crippen LogP contribution in [-0.4, -0.2) is 17.9 Å². The molecule has 0 N–H and O–H groups in total. The van der Waals surface area contributed by atoms with Gasteiger partial charge in [-0.2, -0.15) is 10.5 Å². The number of benzene rings is 1. The van der Waals surface area contributed by atoms with E-state index in [1.807, 2.05) is 62.1 Å². The summed E-state index contributed by atoms with van der Waals surface area (Å²) in [7, 11) is 0. The highest BCUT2D eigenvalue weighted by Crippen LogP contribution is 2.56. The number of nitriles is 2. The summed E-state index contributed by atoms with van der Waals surface area (Å²) < 4.78 is 5.66. The van der Waals surface area contributed by atoms with Crippen LogP contribution in [0.4, 0.5) is 5.69 Å². The van der Waals surface area contributed by atoms with Gasteiger partial charge in [-0.3, -0.25) is 4.79 Å². The van der Waals surface area contributed by atoms with Crippen molar-refractivity contribution in [2.75, 3.05) is 4.90 Å². The molecule has 2 aromatic rings. The van der Waals surface area contributed by atoms with E-state index in [1.54, 1.807) is 12.1 Å².